The highest BCUT2D eigenvalue weighted by molar-refractivity contribution is 5.87. The minimum absolute atomic E-state index is 0.166. The third-order valence-corrected chi connectivity index (χ3v) is 6.22. The predicted octanol–water partition coefficient (Wildman–Crippen LogP) is 4.47. The van der Waals surface area contributed by atoms with Crippen LogP contribution < -0.4 is 0 Å². The maximum atomic E-state index is 13.9. The molecule has 6 heteroatoms. The number of aryl methyl sites for hydroxylation is 1. The lowest BCUT2D eigenvalue weighted by Crippen LogP contribution is -2.39. The van der Waals surface area contributed by atoms with Gasteiger partial charge in [0.15, 0.2) is 0 Å². The Balaban J connectivity index is 1.53. The standard InChI is InChI=1S/C27H34FNO4/c1-19-10-11-21(16-26(19)28)15-23-8-6-14-29(23)17-24(30)18-33-20(2)25-9-5-4-7-22(25)12-13-27(31)32-3/h4-5,7,9-13,16,20,23-24,30H,6,8,14-15,17-18H2,1-3H3/t20-,23+,24-/m1/s1. The quantitative estimate of drug-likeness (QED) is 0.423. The zero-order valence-electron chi connectivity index (χ0n) is 19.7. The summed E-state index contributed by atoms with van der Waals surface area (Å²) in [7, 11) is 1.34. The SMILES string of the molecule is COC(=O)C=Cc1ccccc1[C@@H](C)OC[C@H](O)CN1CCC[C@H]1Cc1ccc(C)c(F)c1. The van der Waals surface area contributed by atoms with Crippen LogP contribution in [0.5, 0.6) is 0 Å². The van der Waals surface area contributed by atoms with E-state index in [1.165, 1.54) is 13.2 Å². The third kappa shape index (κ3) is 7.22. The fraction of sp³-hybridized carbons (Fsp3) is 0.444. The summed E-state index contributed by atoms with van der Waals surface area (Å²) in [5.74, 6) is -0.580. The van der Waals surface area contributed by atoms with E-state index in [-0.39, 0.29) is 18.5 Å². The van der Waals surface area contributed by atoms with Crippen LogP contribution in [-0.2, 0) is 20.7 Å². The summed E-state index contributed by atoms with van der Waals surface area (Å²) in [5.41, 5.74) is 3.46. The van der Waals surface area contributed by atoms with Crippen molar-refractivity contribution in [2.75, 3.05) is 26.8 Å². The summed E-state index contributed by atoms with van der Waals surface area (Å²) in [4.78, 5) is 13.7. The summed E-state index contributed by atoms with van der Waals surface area (Å²) in [6, 6.07) is 13.4. The molecule has 1 N–H and O–H groups in total. The van der Waals surface area contributed by atoms with E-state index >= 15 is 0 Å². The number of ether oxygens (including phenoxy) is 2. The Morgan fingerprint density at radius 3 is 2.85 bits per heavy atom. The normalized spacial score (nSPS) is 18.5. The van der Waals surface area contributed by atoms with E-state index in [4.69, 9.17) is 4.74 Å². The molecular formula is C27H34FNO4. The van der Waals surface area contributed by atoms with Gasteiger partial charge in [-0.1, -0.05) is 36.4 Å². The maximum Gasteiger partial charge on any atom is 0.330 e. The van der Waals surface area contributed by atoms with Crippen LogP contribution >= 0.6 is 0 Å². The third-order valence-electron chi connectivity index (χ3n) is 6.22. The zero-order valence-corrected chi connectivity index (χ0v) is 19.7. The molecule has 1 aliphatic heterocycles. The lowest BCUT2D eigenvalue weighted by atomic mass is 10.0. The van der Waals surface area contributed by atoms with Crippen LogP contribution in [-0.4, -0.2) is 54.9 Å². The molecule has 3 rings (SSSR count). The van der Waals surface area contributed by atoms with Crippen LogP contribution in [0.4, 0.5) is 4.39 Å². The van der Waals surface area contributed by atoms with Crippen LogP contribution in [0.2, 0.25) is 0 Å². The number of benzene rings is 2. The molecule has 1 heterocycles. The van der Waals surface area contributed by atoms with Gasteiger partial charge in [-0.3, -0.25) is 4.90 Å². The van der Waals surface area contributed by atoms with Crippen LogP contribution in [0.1, 0.15) is 48.1 Å². The summed E-state index contributed by atoms with van der Waals surface area (Å²) in [6.45, 7) is 5.36. The van der Waals surface area contributed by atoms with E-state index < -0.39 is 12.1 Å². The first-order chi connectivity index (χ1) is 15.9. The van der Waals surface area contributed by atoms with E-state index in [2.05, 4.69) is 9.64 Å². The molecule has 0 spiro atoms. The molecule has 1 fully saturated rings. The number of rotatable bonds is 10. The topological polar surface area (TPSA) is 59.0 Å². The monoisotopic (exact) mass is 455 g/mol. The molecule has 0 unspecified atom stereocenters. The Kier molecular flexibility index (Phi) is 9.18. The van der Waals surface area contributed by atoms with Crippen molar-refractivity contribution in [2.45, 2.75) is 51.4 Å². The molecule has 0 radical (unpaired) electrons. The van der Waals surface area contributed by atoms with Gasteiger partial charge in [0.2, 0.25) is 0 Å². The number of hydrogen-bond acceptors (Lipinski definition) is 5. The van der Waals surface area contributed by atoms with Gasteiger partial charge in [-0.25, -0.2) is 9.18 Å². The number of β-amino-alcohol motifs (C(OH)–C–C–N with tert-alkyl or cyclic N) is 1. The van der Waals surface area contributed by atoms with Crippen molar-refractivity contribution in [2.24, 2.45) is 0 Å². The molecule has 33 heavy (non-hydrogen) atoms. The van der Waals surface area contributed by atoms with Crippen molar-refractivity contribution >= 4 is 12.0 Å². The number of aliphatic hydroxyl groups is 1. The van der Waals surface area contributed by atoms with E-state index in [0.29, 0.717) is 18.2 Å². The highest BCUT2D eigenvalue weighted by Gasteiger charge is 2.27. The number of nitrogens with zero attached hydrogens (tertiary/aromatic N) is 1. The predicted molar refractivity (Wildman–Crippen MR) is 127 cm³/mol. The second kappa shape index (κ2) is 12.1. The number of hydrogen-bond donors (Lipinski definition) is 1. The average molecular weight is 456 g/mol. The Morgan fingerprint density at radius 1 is 1.30 bits per heavy atom. The Labute approximate surface area is 195 Å². The molecule has 1 saturated heterocycles. The highest BCUT2D eigenvalue weighted by atomic mass is 19.1. The zero-order chi connectivity index (χ0) is 23.8. The van der Waals surface area contributed by atoms with E-state index in [1.54, 1.807) is 19.1 Å². The molecule has 0 bridgehead atoms. The van der Waals surface area contributed by atoms with Crippen molar-refractivity contribution in [3.8, 4) is 0 Å². The van der Waals surface area contributed by atoms with Crippen LogP contribution in [0, 0.1) is 12.7 Å². The van der Waals surface area contributed by atoms with E-state index in [9.17, 15) is 14.3 Å². The van der Waals surface area contributed by atoms with Gasteiger partial charge in [0.1, 0.15) is 5.82 Å². The van der Waals surface area contributed by atoms with Crippen molar-refractivity contribution < 1.29 is 23.8 Å². The number of methoxy groups -OCH3 is 1. The number of aliphatic hydroxyl groups excluding tert-OH is 1. The second-order valence-corrected chi connectivity index (χ2v) is 8.69. The Morgan fingerprint density at radius 2 is 2.09 bits per heavy atom. The molecule has 0 saturated carbocycles. The minimum Gasteiger partial charge on any atom is -0.466 e. The second-order valence-electron chi connectivity index (χ2n) is 8.69. The molecule has 178 valence electrons. The van der Waals surface area contributed by atoms with Gasteiger partial charge in [-0.05, 0) is 74.1 Å². The first-order valence-corrected chi connectivity index (χ1v) is 11.5. The smallest absolute Gasteiger partial charge is 0.330 e. The molecule has 2 aromatic carbocycles. The summed E-state index contributed by atoms with van der Waals surface area (Å²) in [6.07, 6.45) is 5.11. The van der Waals surface area contributed by atoms with Gasteiger partial charge in [0.25, 0.3) is 0 Å². The molecule has 0 aliphatic carbocycles. The fourth-order valence-electron chi connectivity index (χ4n) is 4.33. The van der Waals surface area contributed by atoms with E-state index in [1.807, 2.05) is 43.3 Å². The molecule has 2 aromatic rings. The summed E-state index contributed by atoms with van der Waals surface area (Å²) < 4.78 is 24.6. The number of esters is 1. The lowest BCUT2D eigenvalue weighted by Gasteiger charge is -2.27. The molecule has 0 aromatic heterocycles. The van der Waals surface area contributed by atoms with Gasteiger partial charge in [0, 0.05) is 18.7 Å². The number of carbonyl (C=O) groups is 1. The lowest BCUT2D eigenvalue weighted by molar-refractivity contribution is -0.134. The number of carbonyl (C=O) groups excluding carboxylic acids is 1. The van der Waals surface area contributed by atoms with Crippen molar-refractivity contribution in [1.29, 1.82) is 0 Å². The van der Waals surface area contributed by atoms with Crippen LogP contribution in [0.15, 0.2) is 48.5 Å². The van der Waals surface area contributed by atoms with Crippen LogP contribution in [0.3, 0.4) is 0 Å². The molecule has 1 aliphatic rings. The highest BCUT2D eigenvalue weighted by Crippen LogP contribution is 2.24. The van der Waals surface area contributed by atoms with Crippen LogP contribution in [0.25, 0.3) is 6.08 Å². The molecule has 3 atom stereocenters. The average Bonchev–Trinajstić information content (AvgIpc) is 3.24. The van der Waals surface area contributed by atoms with Crippen molar-refractivity contribution in [3.05, 3.63) is 76.6 Å². The van der Waals surface area contributed by atoms with Gasteiger partial charge in [-0.15, -0.1) is 0 Å². The Hall–Kier alpha value is -2.54. The van der Waals surface area contributed by atoms with Crippen molar-refractivity contribution in [3.63, 3.8) is 0 Å². The van der Waals surface area contributed by atoms with E-state index in [0.717, 1.165) is 42.5 Å². The van der Waals surface area contributed by atoms with Gasteiger partial charge in [-0.2, -0.15) is 0 Å². The molecule has 0 amide bonds. The number of likely N-dealkylation sites (tertiary alicyclic amines) is 1. The van der Waals surface area contributed by atoms with Gasteiger partial charge < -0.3 is 14.6 Å². The van der Waals surface area contributed by atoms with Crippen molar-refractivity contribution in [1.82, 2.24) is 4.90 Å². The molecule has 5 nitrogen and oxygen atoms in total. The largest absolute Gasteiger partial charge is 0.466 e. The summed E-state index contributed by atoms with van der Waals surface area (Å²) >= 11 is 0. The van der Waals surface area contributed by atoms with Gasteiger partial charge >= 0.3 is 5.97 Å². The first-order valence-electron chi connectivity index (χ1n) is 11.5. The molecular weight excluding hydrogens is 421 g/mol. The minimum atomic E-state index is -0.624. The number of halogens is 1. The Bertz CT molecular complexity index is 961. The maximum absolute atomic E-state index is 13.9. The van der Waals surface area contributed by atoms with Gasteiger partial charge in [0.05, 0.1) is 25.9 Å². The fourth-order valence-corrected chi connectivity index (χ4v) is 4.33. The first kappa shape index (κ1) is 25.1. The summed E-state index contributed by atoms with van der Waals surface area (Å²) in [5, 5.41) is 10.6.